The lowest BCUT2D eigenvalue weighted by Crippen LogP contribution is -2.72. The third-order valence-electron chi connectivity index (χ3n) is 3.68. The van der Waals surface area contributed by atoms with E-state index in [0.717, 1.165) is 0 Å². The summed E-state index contributed by atoms with van der Waals surface area (Å²) < 4.78 is 10.5. The van der Waals surface area contributed by atoms with Crippen LogP contribution in [0, 0.1) is 0 Å². The molecule has 2 amide bonds. The maximum absolute atomic E-state index is 12.0. The van der Waals surface area contributed by atoms with Crippen LogP contribution in [0.3, 0.4) is 0 Å². The second-order valence-electron chi connectivity index (χ2n) is 6.34. The topological polar surface area (TPSA) is 85.1 Å². The van der Waals surface area contributed by atoms with E-state index in [4.69, 9.17) is 15.2 Å². The van der Waals surface area contributed by atoms with E-state index in [1.165, 1.54) is 0 Å². The van der Waals surface area contributed by atoms with Gasteiger partial charge in [-0.1, -0.05) is 0 Å². The van der Waals surface area contributed by atoms with Gasteiger partial charge in [-0.05, 0) is 20.8 Å². The number of piperazine rings is 1. The lowest BCUT2D eigenvalue weighted by molar-refractivity contribution is -0.171. The van der Waals surface area contributed by atoms with E-state index in [0.29, 0.717) is 39.4 Å². The lowest BCUT2D eigenvalue weighted by Gasteiger charge is -2.49. The zero-order chi connectivity index (χ0) is 15.0. The highest BCUT2D eigenvalue weighted by Crippen LogP contribution is 2.26. The number of ether oxygens (including phenoxy) is 2. The molecule has 0 unspecified atom stereocenters. The number of rotatable bonds is 2. The van der Waals surface area contributed by atoms with Gasteiger partial charge in [0, 0.05) is 26.2 Å². The van der Waals surface area contributed by atoms with Crippen LogP contribution < -0.4 is 5.73 Å². The fourth-order valence-corrected chi connectivity index (χ4v) is 2.42. The van der Waals surface area contributed by atoms with Crippen LogP contribution in [0.5, 0.6) is 0 Å². The molecule has 7 heteroatoms. The molecular weight excluding hydrogens is 262 g/mol. The summed E-state index contributed by atoms with van der Waals surface area (Å²) in [5, 5.41) is 0. The van der Waals surface area contributed by atoms with E-state index in [1.54, 1.807) is 4.90 Å². The van der Waals surface area contributed by atoms with Crippen molar-refractivity contribution < 1.29 is 19.1 Å². The van der Waals surface area contributed by atoms with Crippen LogP contribution in [0.4, 0.5) is 4.79 Å². The van der Waals surface area contributed by atoms with Gasteiger partial charge in [0.1, 0.15) is 11.1 Å². The molecule has 0 aromatic heterocycles. The van der Waals surface area contributed by atoms with Gasteiger partial charge in [-0.3, -0.25) is 9.69 Å². The molecule has 0 radical (unpaired) electrons. The SMILES string of the molecule is CC(C)(C)OC(=O)N1CCN(C2(C(N)=O)COC2)CC1. The highest BCUT2D eigenvalue weighted by atomic mass is 16.6. The van der Waals surface area contributed by atoms with Gasteiger partial charge in [-0.15, -0.1) is 0 Å². The van der Waals surface area contributed by atoms with Gasteiger partial charge >= 0.3 is 6.09 Å². The summed E-state index contributed by atoms with van der Waals surface area (Å²) >= 11 is 0. The van der Waals surface area contributed by atoms with Crippen molar-refractivity contribution >= 4 is 12.0 Å². The van der Waals surface area contributed by atoms with Crippen molar-refractivity contribution in [1.82, 2.24) is 9.80 Å². The maximum atomic E-state index is 12.0. The van der Waals surface area contributed by atoms with Crippen molar-refractivity contribution in [3.05, 3.63) is 0 Å². The molecule has 2 heterocycles. The van der Waals surface area contributed by atoms with Crippen LogP contribution in [-0.4, -0.2) is 72.3 Å². The number of carbonyl (C=O) groups excluding carboxylic acids is 2. The van der Waals surface area contributed by atoms with Gasteiger partial charge < -0.3 is 20.1 Å². The Bertz CT molecular complexity index is 393. The second kappa shape index (κ2) is 5.21. The molecule has 0 aromatic rings. The fourth-order valence-electron chi connectivity index (χ4n) is 2.42. The highest BCUT2D eigenvalue weighted by molar-refractivity contribution is 5.86. The summed E-state index contributed by atoms with van der Waals surface area (Å²) in [5.74, 6) is -0.352. The monoisotopic (exact) mass is 285 g/mol. The van der Waals surface area contributed by atoms with Gasteiger partial charge in [-0.25, -0.2) is 4.79 Å². The van der Waals surface area contributed by atoms with Crippen LogP contribution in [0.2, 0.25) is 0 Å². The molecular formula is C13H23N3O4. The van der Waals surface area contributed by atoms with Crippen LogP contribution in [0.25, 0.3) is 0 Å². The van der Waals surface area contributed by atoms with Gasteiger partial charge in [0.05, 0.1) is 13.2 Å². The van der Waals surface area contributed by atoms with E-state index in [1.807, 2.05) is 25.7 Å². The minimum atomic E-state index is -0.681. The molecule has 0 spiro atoms. The number of hydrogen-bond acceptors (Lipinski definition) is 5. The van der Waals surface area contributed by atoms with Crippen molar-refractivity contribution in [3.63, 3.8) is 0 Å². The summed E-state index contributed by atoms with van der Waals surface area (Å²) in [6.07, 6.45) is -0.310. The van der Waals surface area contributed by atoms with E-state index >= 15 is 0 Å². The number of amides is 2. The first-order valence-electron chi connectivity index (χ1n) is 6.85. The lowest BCUT2D eigenvalue weighted by atomic mass is 9.93. The largest absolute Gasteiger partial charge is 0.444 e. The molecule has 0 saturated carbocycles. The number of hydrogen-bond donors (Lipinski definition) is 1. The Hall–Kier alpha value is -1.34. The van der Waals surface area contributed by atoms with Gasteiger partial charge in [0.2, 0.25) is 5.91 Å². The number of primary amides is 1. The zero-order valence-electron chi connectivity index (χ0n) is 12.3. The number of nitrogens with zero attached hydrogens (tertiary/aromatic N) is 2. The predicted octanol–water partition coefficient (Wildman–Crippen LogP) is -0.207. The first-order chi connectivity index (χ1) is 9.24. The van der Waals surface area contributed by atoms with Crippen molar-refractivity contribution in [2.45, 2.75) is 31.9 Å². The Morgan fingerprint density at radius 1 is 1.15 bits per heavy atom. The molecule has 2 N–H and O–H groups in total. The molecule has 2 aliphatic heterocycles. The molecule has 20 heavy (non-hydrogen) atoms. The first kappa shape index (κ1) is 15.1. The molecule has 0 bridgehead atoms. The Kier molecular flexibility index (Phi) is 3.93. The fraction of sp³-hybridized carbons (Fsp3) is 0.846. The van der Waals surface area contributed by atoms with Crippen molar-refractivity contribution in [3.8, 4) is 0 Å². The predicted molar refractivity (Wildman–Crippen MR) is 72.1 cm³/mol. The maximum Gasteiger partial charge on any atom is 0.410 e. The smallest absolute Gasteiger partial charge is 0.410 e. The second-order valence-corrected chi connectivity index (χ2v) is 6.34. The van der Waals surface area contributed by atoms with E-state index < -0.39 is 11.1 Å². The minimum absolute atomic E-state index is 0.310. The Balaban J connectivity index is 1.89. The van der Waals surface area contributed by atoms with Crippen molar-refractivity contribution in [2.75, 3.05) is 39.4 Å². The first-order valence-corrected chi connectivity index (χ1v) is 6.85. The van der Waals surface area contributed by atoms with E-state index in [-0.39, 0.29) is 12.0 Å². The molecule has 0 aromatic carbocycles. The Morgan fingerprint density at radius 3 is 2.05 bits per heavy atom. The summed E-state index contributed by atoms with van der Waals surface area (Å²) in [6, 6.07) is 0. The zero-order valence-corrected chi connectivity index (χ0v) is 12.3. The van der Waals surface area contributed by atoms with Crippen LogP contribution >= 0.6 is 0 Å². The molecule has 114 valence electrons. The molecule has 0 aliphatic carbocycles. The number of nitrogens with two attached hydrogens (primary N) is 1. The average molecular weight is 285 g/mol. The Morgan fingerprint density at radius 2 is 1.70 bits per heavy atom. The van der Waals surface area contributed by atoms with Gasteiger partial charge in [0.15, 0.2) is 0 Å². The van der Waals surface area contributed by atoms with Crippen molar-refractivity contribution in [1.29, 1.82) is 0 Å². The number of carbonyl (C=O) groups is 2. The summed E-state index contributed by atoms with van der Waals surface area (Å²) in [6.45, 7) is 8.48. The molecule has 7 nitrogen and oxygen atoms in total. The average Bonchev–Trinajstić information content (AvgIpc) is 2.25. The quantitative estimate of drug-likeness (QED) is 0.759. The normalized spacial score (nSPS) is 23.1. The van der Waals surface area contributed by atoms with Crippen molar-refractivity contribution in [2.24, 2.45) is 5.73 Å². The summed E-state index contributed by atoms with van der Waals surface area (Å²) in [5.41, 5.74) is 4.30. The molecule has 2 aliphatic rings. The van der Waals surface area contributed by atoms with Crippen LogP contribution in [-0.2, 0) is 14.3 Å². The third-order valence-corrected chi connectivity index (χ3v) is 3.68. The molecule has 2 rings (SSSR count). The molecule has 2 saturated heterocycles. The summed E-state index contributed by atoms with van der Waals surface area (Å²) in [7, 11) is 0. The minimum Gasteiger partial charge on any atom is -0.444 e. The standard InChI is InChI=1S/C13H23N3O4/c1-12(2,3)20-11(18)15-4-6-16(7-5-15)13(10(14)17)8-19-9-13/h4-9H2,1-3H3,(H2,14,17). The Labute approximate surface area is 119 Å². The molecule has 0 atom stereocenters. The van der Waals surface area contributed by atoms with E-state index in [2.05, 4.69) is 0 Å². The molecule has 2 fully saturated rings. The summed E-state index contributed by atoms with van der Waals surface area (Å²) in [4.78, 5) is 27.2. The third kappa shape index (κ3) is 2.88. The van der Waals surface area contributed by atoms with Gasteiger partial charge in [-0.2, -0.15) is 0 Å². The van der Waals surface area contributed by atoms with Gasteiger partial charge in [0.25, 0.3) is 0 Å². The highest BCUT2D eigenvalue weighted by Gasteiger charge is 2.50. The van der Waals surface area contributed by atoms with Crippen LogP contribution in [0.15, 0.2) is 0 Å². The van der Waals surface area contributed by atoms with E-state index in [9.17, 15) is 9.59 Å². The van der Waals surface area contributed by atoms with Crippen LogP contribution in [0.1, 0.15) is 20.8 Å².